The molecule has 3 aromatic rings. The lowest BCUT2D eigenvalue weighted by Gasteiger charge is -2.16. The molecule has 4 rings (SSSR count). The molecule has 168 valence electrons. The van der Waals surface area contributed by atoms with Crippen molar-refractivity contribution in [3.05, 3.63) is 48.0 Å². The van der Waals surface area contributed by atoms with Crippen LogP contribution in [0, 0.1) is 0 Å². The van der Waals surface area contributed by atoms with Crippen LogP contribution in [0.1, 0.15) is 39.8 Å². The second-order valence-electron chi connectivity index (χ2n) is 7.29. The molecule has 2 aromatic heterocycles. The van der Waals surface area contributed by atoms with Crippen LogP contribution < -0.4 is 4.74 Å². The number of rotatable bonds is 7. The standard InChI is InChI=1S/C21H22N4O7/c1-30-19-15-18(22-9-23-19)25(10-24-15)20-17(28)16(27)14(32-20)7-6-13(26)11-4-3-5-12(8-11)21(29)31-2/h3-5,8-10,14,16-17,20,27-28H,6-7H2,1-2H3/t14-,16-,17-,20-/m1/s1. The summed E-state index contributed by atoms with van der Waals surface area (Å²) in [5, 5.41) is 21.1. The van der Waals surface area contributed by atoms with Gasteiger partial charge in [0.05, 0.1) is 32.2 Å². The molecule has 3 heterocycles. The molecule has 0 spiro atoms. The normalized spacial score (nSPS) is 22.8. The summed E-state index contributed by atoms with van der Waals surface area (Å²) >= 11 is 0. The van der Waals surface area contributed by atoms with Crippen LogP contribution in [0.5, 0.6) is 5.88 Å². The minimum absolute atomic E-state index is 0.0481. The molecule has 0 saturated carbocycles. The van der Waals surface area contributed by atoms with Crippen LogP contribution in [0.2, 0.25) is 0 Å². The molecule has 32 heavy (non-hydrogen) atoms. The second-order valence-corrected chi connectivity index (χ2v) is 7.29. The number of nitrogens with zero attached hydrogens (tertiary/aromatic N) is 4. The average Bonchev–Trinajstić information content (AvgIpc) is 3.38. The van der Waals surface area contributed by atoms with Crippen molar-refractivity contribution in [3.63, 3.8) is 0 Å². The Morgan fingerprint density at radius 3 is 2.66 bits per heavy atom. The zero-order valence-electron chi connectivity index (χ0n) is 17.4. The molecule has 0 unspecified atom stereocenters. The third kappa shape index (κ3) is 3.93. The highest BCUT2D eigenvalue weighted by molar-refractivity contribution is 5.99. The largest absolute Gasteiger partial charge is 0.479 e. The topological polar surface area (TPSA) is 146 Å². The minimum atomic E-state index is -1.25. The second kappa shape index (κ2) is 8.99. The number of ketones is 1. The van der Waals surface area contributed by atoms with Crippen molar-refractivity contribution >= 4 is 22.9 Å². The Bertz CT molecular complexity index is 1150. The summed E-state index contributed by atoms with van der Waals surface area (Å²) in [5.41, 5.74) is 1.39. The van der Waals surface area contributed by atoms with Gasteiger partial charge in [0.15, 0.2) is 23.2 Å². The molecule has 0 bridgehead atoms. The highest BCUT2D eigenvalue weighted by Gasteiger charge is 2.44. The summed E-state index contributed by atoms with van der Waals surface area (Å²) in [6, 6.07) is 6.22. The SMILES string of the molecule is COC(=O)c1cccc(C(=O)CC[C@H]2O[C@@H](n3cnc4c(OC)ncnc43)[C@H](O)[C@@H]2O)c1. The molecule has 1 aliphatic heterocycles. The Kier molecular flexibility index (Phi) is 6.12. The number of carbonyl (C=O) groups excluding carboxylic acids is 2. The summed E-state index contributed by atoms with van der Waals surface area (Å²) in [6.45, 7) is 0. The van der Waals surface area contributed by atoms with Gasteiger partial charge in [-0.15, -0.1) is 0 Å². The first-order valence-corrected chi connectivity index (χ1v) is 9.89. The van der Waals surface area contributed by atoms with E-state index in [1.54, 1.807) is 18.2 Å². The summed E-state index contributed by atoms with van der Waals surface area (Å²) in [4.78, 5) is 36.7. The number of Topliss-reactive ketones (excluding diaryl/α,β-unsaturated/α-hetero) is 1. The maximum absolute atomic E-state index is 12.6. The summed E-state index contributed by atoms with van der Waals surface area (Å²) in [5.74, 6) is -0.485. The van der Waals surface area contributed by atoms with E-state index < -0.39 is 30.5 Å². The molecule has 11 heteroatoms. The van der Waals surface area contributed by atoms with Crippen LogP contribution in [0.3, 0.4) is 0 Å². The van der Waals surface area contributed by atoms with E-state index in [9.17, 15) is 19.8 Å². The lowest BCUT2D eigenvalue weighted by Crippen LogP contribution is -2.31. The van der Waals surface area contributed by atoms with Crippen molar-refractivity contribution in [2.24, 2.45) is 0 Å². The maximum atomic E-state index is 12.6. The van der Waals surface area contributed by atoms with Gasteiger partial charge in [0.1, 0.15) is 18.5 Å². The van der Waals surface area contributed by atoms with Gasteiger partial charge in [-0.3, -0.25) is 9.36 Å². The van der Waals surface area contributed by atoms with E-state index in [-0.39, 0.29) is 30.1 Å². The molecule has 4 atom stereocenters. The van der Waals surface area contributed by atoms with Gasteiger partial charge in [0, 0.05) is 12.0 Å². The van der Waals surface area contributed by atoms with E-state index in [4.69, 9.17) is 9.47 Å². The number of imidazole rings is 1. The van der Waals surface area contributed by atoms with E-state index in [0.717, 1.165) is 0 Å². The number of hydrogen-bond acceptors (Lipinski definition) is 10. The van der Waals surface area contributed by atoms with Gasteiger partial charge in [0.25, 0.3) is 0 Å². The first-order valence-electron chi connectivity index (χ1n) is 9.89. The molecular weight excluding hydrogens is 420 g/mol. The number of aliphatic hydroxyl groups excluding tert-OH is 2. The number of hydrogen-bond donors (Lipinski definition) is 2. The van der Waals surface area contributed by atoms with Gasteiger partial charge in [-0.1, -0.05) is 12.1 Å². The number of ether oxygens (including phenoxy) is 3. The molecule has 0 radical (unpaired) electrons. The first kappa shape index (κ1) is 21.8. The van der Waals surface area contributed by atoms with Crippen LogP contribution in [-0.4, -0.2) is 74.0 Å². The predicted molar refractivity (Wildman–Crippen MR) is 109 cm³/mol. The van der Waals surface area contributed by atoms with Gasteiger partial charge in [-0.05, 0) is 18.6 Å². The molecule has 0 aliphatic carbocycles. The fourth-order valence-electron chi connectivity index (χ4n) is 3.72. The minimum Gasteiger partial charge on any atom is -0.479 e. The molecule has 2 N–H and O–H groups in total. The van der Waals surface area contributed by atoms with Crippen molar-refractivity contribution < 1.29 is 34.0 Å². The number of aliphatic hydroxyl groups is 2. The van der Waals surface area contributed by atoms with Gasteiger partial charge >= 0.3 is 5.97 Å². The number of carbonyl (C=O) groups is 2. The molecular formula is C21H22N4O7. The van der Waals surface area contributed by atoms with Gasteiger partial charge in [-0.25, -0.2) is 14.8 Å². The molecule has 1 aliphatic rings. The van der Waals surface area contributed by atoms with Crippen molar-refractivity contribution in [2.75, 3.05) is 14.2 Å². The highest BCUT2D eigenvalue weighted by Crippen LogP contribution is 2.34. The summed E-state index contributed by atoms with van der Waals surface area (Å²) < 4.78 is 17.2. The third-order valence-corrected chi connectivity index (χ3v) is 5.39. The number of benzene rings is 1. The van der Waals surface area contributed by atoms with Gasteiger partial charge in [-0.2, -0.15) is 4.98 Å². The molecule has 1 aromatic carbocycles. The molecule has 0 amide bonds. The van der Waals surface area contributed by atoms with Crippen LogP contribution in [0.25, 0.3) is 11.2 Å². The van der Waals surface area contributed by atoms with Crippen LogP contribution in [0.4, 0.5) is 0 Å². The van der Waals surface area contributed by atoms with Crippen LogP contribution >= 0.6 is 0 Å². The Hall–Kier alpha value is -3.41. The highest BCUT2D eigenvalue weighted by atomic mass is 16.6. The molecule has 1 fully saturated rings. The number of esters is 1. The summed E-state index contributed by atoms with van der Waals surface area (Å²) in [7, 11) is 2.72. The van der Waals surface area contributed by atoms with Gasteiger partial charge in [0.2, 0.25) is 5.88 Å². The quantitative estimate of drug-likeness (QED) is 0.400. The lowest BCUT2D eigenvalue weighted by atomic mass is 10.00. The fraction of sp³-hybridized carbons (Fsp3) is 0.381. The molecule has 11 nitrogen and oxygen atoms in total. The fourth-order valence-corrected chi connectivity index (χ4v) is 3.72. The monoisotopic (exact) mass is 442 g/mol. The van der Waals surface area contributed by atoms with Gasteiger partial charge < -0.3 is 24.4 Å². The predicted octanol–water partition coefficient (Wildman–Crippen LogP) is 0.904. The Labute approximate surface area is 182 Å². The first-order chi connectivity index (χ1) is 15.4. The number of methoxy groups -OCH3 is 2. The Morgan fingerprint density at radius 1 is 1.12 bits per heavy atom. The lowest BCUT2D eigenvalue weighted by molar-refractivity contribution is -0.0369. The van der Waals surface area contributed by atoms with Crippen LogP contribution in [-0.2, 0) is 9.47 Å². The van der Waals surface area contributed by atoms with Crippen molar-refractivity contribution in [2.45, 2.75) is 37.4 Å². The van der Waals surface area contributed by atoms with Crippen molar-refractivity contribution in [3.8, 4) is 5.88 Å². The van der Waals surface area contributed by atoms with E-state index in [1.807, 2.05) is 0 Å². The third-order valence-electron chi connectivity index (χ3n) is 5.39. The van der Waals surface area contributed by atoms with Crippen molar-refractivity contribution in [1.29, 1.82) is 0 Å². The van der Waals surface area contributed by atoms with E-state index >= 15 is 0 Å². The Balaban J connectivity index is 1.46. The number of aromatic nitrogens is 4. The Morgan fingerprint density at radius 2 is 1.91 bits per heavy atom. The van der Waals surface area contributed by atoms with E-state index in [1.165, 1.54) is 37.5 Å². The van der Waals surface area contributed by atoms with E-state index in [0.29, 0.717) is 16.7 Å². The average molecular weight is 442 g/mol. The van der Waals surface area contributed by atoms with E-state index in [2.05, 4.69) is 19.7 Å². The van der Waals surface area contributed by atoms with Crippen molar-refractivity contribution in [1.82, 2.24) is 19.5 Å². The smallest absolute Gasteiger partial charge is 0.337 e. The molecule has 1 saturated heterocycles. The van der Waals surface area contributed by atoms with Crippen LogP contribution in [0.15, 0.2) is 36.9 Å². The zero-order valence-corrected chi connectivity index (χ0v) is 17.4. The maximum Gasteiger partial charge on any atom is 0.337 e. The number of fused-ring (bicyclic) bond motifs is 1. The zero-order chi connectivity index (χ0) is 22.8. The summed E-state index contributed by atoms with van der Waals surface area (Å²) in [6.07, 6.45) is -1.26.